The molecule has 3 aliphatic rings. The summed E-state index contributed by atoms with van der Waals surface area (Å²) in [6, 6.07) is 1.75. The predicted octanol–water partition coefficient (Wildman–Crippen LogP) is 1.05. The highest BCUT2D eigenvalue weighted by atomic mass is 19.4. The van der Waals surface area contributed by atoms with Gasteiger partial charge in [-0.2, -0.15) is 13.2 Å². The van der Waals surface area contributed by atoms with Gasteiger partial charge in [0.2, 0.25) is 11.8 Å². The van der Waals surface area contributed by atoms with Crippen molar-refractivity contribution in [1.82, 2.24) is 15.5 Å². The van der Waals surface area contributed by atoms with Crippen molar-refractivity contribution in [1.29, 1.82) is 0 Å². The van der Waals surface area contributed by atoms with Gasteiger partial charge < -0.3 is 15.3 Å². The van der Waals surface area contributed by atoms with Gasteiger partial charge in [0.05, 0.1) is 16.8 Å². The Kier molecular flexibility index (Phi) is 7.43. The number of fused-ring (bicyclic) bond motifs is 1. The van der Waals surface area contributed by atoms with E-state index in [9.17, 15) is 36.7 Å². The van der Waals surface area contributed by atoms with E-state index in [-0.39, 0.29) is 29.7 Å². The molecule has 0 aromatic heterocycles. The summed E-state index contributed by atoms with van der Waals surface area (Å²) in [7, 11) is 1.88. The molecule has 4 amide bonds. The van der Waals surface area contributed by atoms with Crippen molar-refractivity contribution in [3.8, 4) is 0 Å². The number of carbonyl (C=O) groups is 5. The van der Waals surface area contributed by atoms with Crippen LogP contribution in [-0.2, 0) is 14.4 Å². The fourth-order valence-corrected chi connectivity index (χ4v) is 4.22. The number of carboxylic acids is 1. The maximum Gasteiger partial charge on any atom is 0.490 e. The molecule has 14 heteroatoms. The van der Waals surface area contributed by atoms with E-state index in [0.29, 0.717) is 19.1 Å². The number of halogens is 4. The minimum absolute atomic E-state index is 0.0117. The van der Waals surface area contributed by atoms with E-state index < -0.39 is 47.6 Å². The average Bonchev–Trinajstić information content (AvgIpc) is 3.04. The fraction of sp³-hybridized carbons (Fsp3) is 0.476. The second kappa shape index (κ2) is 9.98. The molecule has 3 N–H and O–H groups in total. The molecule has 0 spiro atoms. The Labute approximate surface area is 196 Å². The summed E-state index contributed by atoms with van der Waals surface area (Å²) in [5.74, 6) is -5.74. The number of nitrogens with one attached hydrogen (secondary N) is 2. The maximum atomic E-state index is 14.7. The van der Waals surface area contributed by atoms with Crippen LogP contribution in [0.5, 0.6) is 0 Å². The number of amides is 4. The number of imide groups is 2. The fourth-order valence-electron chi connectivity index (χ4n) is 4.22. The number of hydrogen-bond acceptors (Lipinski definition) is 7. The molecule has 10 nitrogen and oxygen atoms in total. The molecule has 2 fully saturated rings. The van der Waals surface area contributed by atoms with Crippen LogP contribution in [0.3, 0.4) is 0 Å². The normalized spacial score (nSPS) is 20.9. The third kappa shape index (κ3) is 5.26. The van der Waals surface area contributed by atoms with Gasteiger partial charge in [0.1, 0.15) is 11.9 Å². The smallest absolute Gasteiger partial charge is 0.475 e. The quantitative estimate of drug-likeness (QED) is 0.412. The highest BCUT2D eigenvalue weighted by Gasteiger charge is 2.47. The van der Waals surface area contributed by atoms with Crippen LogP contribution in [0.15, 0.2) is 12.1 Å². The molecule has 0 radical (unpaired) electrons. The molecule has 35 heavy (non-hydrogen) atoms. The zero-order chi connectivity index (χ0) is 26.1. The molecular weight excluding hydrogens is 480 g/mol. The number of alkyl halides is 3. The highest BCUT2D eigenvalue weighted by Crippen LogP contribution is 2.37. The third-order valence-electron chi connectivity index (χ3n) is 5.99. The molecule has 2 saturated heterocycles. The van der Waals surface area contributed by atoms with Crippen LogP contribution in [-0.4, -0.2) is 78.0 Å². The van der Waals surface area contributed by atoms with Crippen LogP contribution < -0.4 is 15.5 Å². The monoisotopic (exact) mass is 502 g/mol. The summed E-state index contributed by atoms with van der Waals surface area (Å²) in [6.45, 7) is 1.11. The van der Waals surface area contributed by atoms with E-state index >= 15 is 0 Å². The number of carboxylic acid groups (broad SMARTS) is 1. The highest BCUT2D eigenvalue weighted by molar-refractivity contribution is 6.25. The first kappa shape index (κ1) is 26.1. The van der Waals surface area contributed by atoms with E-state index in [1.54, 1.807) is 4.90 Å². The number of aliphatic carboxylic acids is 1. The number of rotatable bonds is 3. The lowest BCUT2D eigenvalue weighted by atomic mass is 10.0. The van der Waals surface area contributed by atoms with Crippen LogP contribution in [0, 0.1) is 5.82 Å². The molecule has 3 aliphatic heterocycles. The second-order valence-electron chi connectivity index (χ2n) is 8.12. The van der Waals surface area contributed by atoms with Crippen LogP contribution in [0.4, 0.5) is 23.2 Å². The molecule has 3 heterocycles. The summed E-state index contributed by atoms with van der Waals surface area (Å²) < 4.78 is 46.5. The third-order valence-corrected chi connectivity index (χ3v) is 5.99. The standard InChI is InChI=1S/C19H21FN4O4.C2HF3O2/c1-21-10-6-8-23(9-7-10)16-12(20)3-2-11-15(16)19(28)24(18(11)27)13-4-5-14(25)22-17(13)26;3-2(4,5)1(6)7/h2-3,10,13,21H,4-9H2,1H3,(H,22,25,26);(H,6,7). The van der Waals surface area contributed by atoms with E-state index in [2.05, 4.69) is 10.6 Å². The summed E-state index contributed by atoms with van der Waals surface area (Å²) >= 11 is 0. The summed E-state index contributed by atoms with van der Waals surface area (Å²) in [6.07, 6.45) is -3.39. The first-order valence-corrected chi connectivity index (χ1v) is 10.6. The van der Waals surface area contributed by atoms with E-state index in [0.717, 1.165) is 17.7 Å². The van der Waals surface area contributed by atoms with Crippen molar-refractivity contribution >= 4 is 35.3 Å². The van der Waals surface area contributed by atoms with Gasteiger partial charge in [-0.1, -0.05) is 0 Å². The Balaban J connectivity index is 0.000000429. The van der Waals surface area contributed by atoms with Gasteiger partial charge in [-0.25, -0.2) is 9.18 Å². The lowest BCUT2D eigenvalue weighted by Gasteiger charge is -2.34. The van der Waals surface area contributed by atoms with E-state index in [4.69, 9.17) is 9.90 Å². The van der Waals surface area contributed by atoms with Gasteiger partial charge in [0.15, 0.2) is 0 Å². The number of carbonyl (C=O) groups excluding carboxylic acids is 4. The maximum absolute atomic E-state index is 14.7. The molecular formula is C21H22F4N4O6. The SMILES string of the molecule is CNC1CCN(c2c(F)ccc3c2C(=O)N(C2CCC(=O)NC2=O)C3=O)CC1.O=C(O)C(F)(F)F. The lowest BCUT2D eigenvalue weighted by molar-refractivity contribution is -0.192. The molecule has 190 valence electrons. The van der Waals surface area contributed by atoms with E-state index in [1.807, 2.05) is 7.05 Å². The summed E-state index contributed by atoms with van der Waals surface area (Å²) in [5.41, 5.74) is 0.236. The van der Waals surface area contributed by atoms with Crippen molar-refractivity contribution in [3.63, 3.8) is 0 Å². The molecule has 0 bridgehead atoms. The Hall–Kier alpha value is -3.55. The van der Waals surface area contributed by atoms with Gasteiger partial charge in [-0.05, 0) is 38.4 Å². The van der Waals surface area contributed by atoms with Gasteiger partial charge >= 0.3 is 12.1 Å². The van der Waals surface area contributed by atoms with Gasteiger partial charge in [0, 0.05) is 25.6 Å². The first-order chi connectivity index (χ1) is 16.4. The Bertz CT molecular complexity index is 1070. The Morgan fingerprint density at radius 1 is 1.09 bits per heavy atom. The van der Waals surface area contributed by atoms with Gasteiger partial charge in [-0.3, -0.25) is 29.4 Å². The van der Waals surface area contributed by atoms with Crippen molar-refractivity contribution in [3.05, 3.63) is 29.1 Å². The Morgan fingerprint density at radius 2 is 1.69 bits per heavy atom. The summed E-state index contributed by atoms with van der Waals surface area (Å²) in [5, 5.41) is 12.5. The van der Waals surface area contributed by atoms with Crippen molar-refractivity contribution in [2.24, 2.45) is 0 Å². The van der Waals surface area contributed by atoms with Crippen LogP contribution in [0.25, 0.3) is 0 Å². The van der Waals surface area contributed by atoms with E-state index in [1.165, 1.54) is 12.1 Å². The molecule has 0 aliphatic carbocycles. The lowest BCUT2D eigenvalue weighted by Crippen LogP contribution is -2.54. The zero-order valence-electron chi connectivity index (χ0n) is 18.4. The van der Waals surface area contributed by atoms with Gasteiger partial charge in [0.25, 0.3) is 11.8 Å². The molecule has 1 unspecified atom stereocenters. The molecule has 1 aromatic carbocycles. The molecule has 4 rings (SSSR count). The van der Waals surface area contributed by atoms with Crippen molar-refractivity contribution < 1.29 is 46.6 Å². The van der Waals surface area contributed by atoms with Crippen LogP contribution >= 0.6 is 0 Å². The van der Waals surface area contributed by atoms with Crippen LogP contribution in [0.2, 0.25) is 0 Å². The molecule has 0 saturated carbocycles. The van der Waals surface area contributed by atoms with Crippen molar-refractivity contribution in [2.75, 3.05) is 25.0 Å². The number of hydrogen-bond donors (Lipinski definition) is 3. The molecule has 1 aromatic rings. The minimum Gasteiger partial charge on any atom is -0.475 e. The first-order valence-electron chi connectivity index (χ1n) is 10.6. The predicted molar refractivity (Wildman–Crippen MR) is 111 cm³/mol. The number of benzene rings is 1. The number of anilines is 1. The number of nitrogens with zero attached hydrogens (tertiary/aromatic N) is 2. The van der Waals surface area contributed by atoms with Crippen LogP contribution in [0.1, 0.15) is 46.4 Å². The minimum atomic E-state index is -5.08. The summed E-state index contributed by atoms with van der Waals surface area (Å²) in [4.78, 5) is 61.1. The Morgan fingerprint density at radius 3 is 2.20 bits per heavy atom. The second-order valence-corrected chi connectivity index (χ2v) is 8.12. The topological polar surface area (TPSA) is 136 Å². The van der Waals surface area contributed by atoms with Crippen molar-refractivity contribution in [2.45, 2.75) is 43.9 Å². The zero-order valence-corrected chi connectivity index (χ0v) is 18.4. The average molecular weight is 502 g/mol. The molecule has 1 atom stereocenters. The van der Waals surface area contributed by atoms with Gasteiger partial charge in [-0.15, -0.1) is 0 Å². The number of piperidine rings is 2. The largest absolute Gasteiger partial charge is 0.490 e.